The standard InChI is InChI=1S/C10H19ClN4/c1-3-5-6-9(14-12)10-8(11)7-13-15(10)4-2/h7,9,14H,3-6,12H2,1-2H3. The highest BCUT2D eigenvalue weighted by Gasteiger charge is 2.17. The first-order valence-electron chi connectivity index (χ1n) is 5.41. The fraction of sp³-hybridized carbons (Fsp3) is 0.700. The molecule has 0 aliphatic carbocycles. The number of halogens is 1. The van der Waals surface area contributed by atoms with Gasteiger partial charge in [-0.25, -0.2) is 0 Å². The number of hydrogen-bond donors (Lipinski definition) is 2. The number of nitrogens with one attached hydrogen (secondary N) is 1. The van der Waals surface area contributed by atoms with Crippen molar-refractivity contribution >= 4 is 11.6 Å². The molecule has 0 aromatic carbocycles. The lowest BCUT2D eigenvalue weighted by atomic mass is 10.1. The molecule has 0 saturated carbocycles. The number of hydrazine groups is 1. The van der Waals surface area contributed by atoms with Crippen molar-refractivity contribution in [1.82, 2.24) is 15.2 Å². The fourth-order valence-electron chi connectivity index (χ4n) is 1.68. The normalized spacial score (nSPS) is 13.1. The lowest BCUT2D eigenvalue weighted by Crippen LogP contribution is -2.30. The maximum absolute atomic E-state index is 6.10. The van der Waals surface area contributed by atoms with Crippen molar-refractivity contribution in [3.63, 3.8) is 0 Å². The van der Waals surface area contributed by atoms with E-state index in [1.807, 2.05) is 11.6 Å². The first kappa shape index (κ1) is 12.5. The van der Waals surface area contributed by atoms with Crippen molar-refractivity contribution in [2.75, 3.05) is 0 Å². The maximum atomic E-state index is 6.10. The van der Waals surface area contributed by atoms with Gasteiger partial charge >= 0.3 is 0 Å². The molecule has 0 fully saturated rings. The maximum Gasteiger partial charge on any atom is 0.0834 e. The first-order chi connectivity index (χ1) is 7.24. The zero-order valence-electron chi connectivity index (χ0n) is 9.33. The molecule has 0 bridgehead atoms. The first-order valence-corrected chi connectivity index (χ1v) is 5.79. The van der Waals surface area contributed by atoms with Crippen molar-refractivity contribution in [3.05, 3.63) is 16.9 Å². The lowest BCUT2D eigenvalue weighted by Gasteiger charge is -2.17. The van der Waals surface area contributed by atoms with Gasteiger partial charge in [-0.15, -0.1) is 0 Å². The molecule has 0 amide bonds. The molecule has 1 unspecified atom stereocenters. The fourth-order valence-corrected chi connectivity index (χ4v) is 1.95. The third kappa shape index (κ3) is 2.93. The number of nitrogens with two attached hydrogens (primary N) is 1. The summed E-state index contributed by atoms with van der Waals surface area (Å²) in [7, 11) is 0. The van der Waals surface area contributed by atoms with Gasteiger partial charge in [-0.1, -0.05) is 31.4 Å². The molecule has 1 atom stereocenters. The SMILES string of the molecule is CCCCC(NN)c1c(Cl)cnn1CC. The molecule has 1 aromatic heterocycles. The van der Waals surface area contributed by atoms with Gasteiger partial charge in [0.2, 0.25) is 0 Å². The highest BCUT2D eigenvalue weighted by molar-refractivity contribution is 6.31. The van der Waals surface area contributed by atoms with Gasteiger partial charge < -0.3 is 0 Å². The third-order valence-electron chi connectivity index (χ3n) is 2.51. The smallest absolute Gasteiger partial charge is 0.0834 e. The van der Waals surface area contributed by atoms with E-state index in [2.05, 4.69) is 17.4 Å². The van der Waals surface area contributed by atoms with Crippen LogP contribution < -0.4 is 11.3 Å². The van der Waals surface area contributed by atoms with E-state index < -0.39 is 0 Å². The van der Waals surface area contributed by atoms with E-state index in [4.69, 9.17) is 17.4 Å². The predicted octanol–water partition coefficient (Wildman–Crippen LogP) is 2.25. The van der Waals surface area contributed by atoms with E-state index in [0.29, 0.717) is 5.02 Å². The molecule has 5 heteroatoms. The third-order valence-corrected chi connectivity index (χ3v) is 2.80. The molecule has 1 rings (SSSR count). The number of nitrogens with zero attached hydrogens (tertiary/aromatic N) is 2. The number of aromatic nitrogens is 2. The van der Waals surface area contributed by atoms with Gasteiger partial charge in [0.1, 0.15) is 0 Å². The Morgan fingerprint density at radius 1 is 1.60 bits per heavy atom. The van der Waals surface area contributed by atoms with E-state index in [9.17, 15) is 0 Å². The van der Waals surface area contributed by atoms with Crippen LogP contribution in [0, 0.1) is 0 Å². The summed E-state index contributed by atoms with van der Waals surface area (Å²) in [6, 6.07) is 0.0971. The Morgan fingerprint density at radius 3 is 2.87 bits per heavy atom. The van der Waals surface area contributed by atoms with E-state index in [1.165, 1.54) is 0 Å². The van der Waals surface area contributed by atoms with Crippen LogP contribution in [-0.2, 0) is 6.54 Å². The zero-order valence-corrected chi connectivity index (χ0v) is 10.1. The van der Waals surface area contributed by atoms with Gasteiger partial charge in [-0.3, -0.25) is 16.0 Å². The number of hydrogen-bond acceptors (Lipinski definition) is 3. The summed E-state index contributed by atoms with van der Waals surface area (Å²) in [6.45, 7) is 5.01. The van der Waals surface area contributed by atoms with E-state index in [-0.39, 0.29) is 6.04 Å². The van der Waals surface area contributed by atoms with Crippen LogP contribution in [-0.4, -0.2) is 9.78 Å². The minimum Gasteiger partial charge on any atom is -0.271 e. The molecule has 0 radical (unpaired) electrons. The van der Waals surface area contributed by atoms with Crippen LogP contribution in [0.3, 0.4) is 0 Å². The van der Waals surface area contributed by atoms with Gasteiger partial charge in [0.15, 0.2) is 0 Å². The molecule has 15 heavy (non-hydrogen) atoms. The second-order valence-corrected chi connectivity index (χ2v) is 3.96. The van der Waals surface area contributed by atoms with Crippen LogP contribution in [0.15, 0.2) is 6.20 Å². The van der Waals surface area contributed by atoms with Crippen LogP contribution >= 0.6 is 11.6 Å². The van der Waals surface area contributed by atoms with Crippen LogP contribution in [0.25, 0.3) is 0 Å². The average molecular weight is 231 g/mol. The summed E-state index contributed by atoms with van der Waals surface area (Å²) in [5.74, 6) is 5.55. The largest absolute Gasteiger partial charge is 0.271 e. The molecular weight excluding hydrogens is 212 g/mol. The summed E-state index contributed by atoms with van der Waals surface area (Å²) in [5, 5.41) is 4.89. The Balaban J connectivity index is 2.84. The minimum atomic E-state index is 0.0971. The summed E-state index contributed by atoms with van der Waals surface area (Å²) in [6.07, 6.45) is 4.94. The van der Waals surface area contributed by atoms with Crippen molar-refractivity contribution < 1.29 is 0 Å². The Morgan fingerprint density at radius 2 is 2.33 bits per heavy atom. The Hall–Kier alpha value is -0.580. The van der Waals surface area contributed by atoms with Crippen LogP contribution in [0.4, 0.5) is 0 Å². The molecule has 0 aliphatic heterocycles. The molecular formula is C10H19ClN4. The Kier molecular flexibility index (Phi) is 5.08. The quantitative estimate of drug-likeness (QED) is 0.582. The Bertz CT molecular complexity index is 298. The monoisotopic (exact) mass is 230 g/mol. The summed E-state index contributed by atoms with van der Waals surface area (Å²) < 4.78 is 1.89. The Labute approximate surface area is 95.8 Å². The molecule has 1 aromatic rings. The highest BCUT2D eigenvalue weighted by atomic mass is 35.5. The highest BCUT2D eigenvalue weighted by Crippen LogP contribution is 2.25. The van der Waals surface area contributed by atoms with Gasteiger partial charge in [-0.05, 0) is 13.3 Å². The van der Waals surface area contributed by atoms with Gasteiger partial charge in [-0.2, -0.15) is 5.10 Å². The van der Waals surface area contributed by atoms with Crippen LogP contribution in [0.1, 0.15) is 44.8 Å². The summed E-state index contributed by atoms with van der Waals surface area (Å²) in [5.41, 5.74) is 3.81. The number of rotatable bonds is 6. The molecule has 3 N–H and O–H groups in total. The van der Waals surface area contributed by atoms with Crippen molar-refractivity contribution in [1.29, 1.82) is 0 Å². The van der Waals surface area contributed by atoms with E-state index >= 15 is 0 Å². The van der Waals surface area contributed by atoms with Crippen LogP contribution in [0.2, 0.25) is 5.02 Å². The van der Waals surface area contributed by atoms with Gasteiger partial charge in [0.05, 0.1) is 23.0 Å². The lowest BCUT2D eigenvalue weighted by molar-refractivity contribution is 0.453. The molecule has 4 nitrogen and oxygen atoms in total. The van der Waals surface area contributed by atoms with E-state index in [0.717, 1.165) is 31.5 Å². The van der Waals surface area contributed by atoms with Gasteiger partial charge in [0.25, 0.3) is 0 Å². The minimum absolute atomic E-state index is 0.0971. The van der Waals surface area contributed by atoms with Crippen molar-refractivity contribution in [2.24, 2.45) is 5.84 Å². The summed E-state index contributed by atoms with van der Waals surface area (Å²) in [4.78, 5) is 0. The van der Waals surface area contributed by atoms with Crippen molar-refractivity contribution in [2.45, 2.75) is 45.7 Å². The second-order valence-electron chi connectivity index (χ2n) is 3.55. The second kappa shape index (κ2) is 6.10. The summed E-state index contributed by atoms with van der Waals surface area (Å²) >= 11 is 6.10. The molecule has 0 spiro atoms. The topological polar surface area (TPSA) is 55.9 Å². The molecule has 86 valence electrons. The average Bonchev–Trinajstić information content (AvgIpc) is 2.62. The van der Waals surface area contributed by atoms with Crippen LogP contribution in [0.5, 0.6) is 0 Å². The molecule has 0 aliphatic rings. The molecule has 0 saturated heterocycles. The van der Waals surface area contributed by atoms with Gasteiger partial charge in [0, 0.05) is 6.54 Å². The number of unbranched alkanes of at least 4 members (excludes halogenated alkanes) is 1. The predicted molar refractivity (Wildman–Crippen MR) is 62.5 cm³/mol. The van der Waals surface area contributed by atoms with E-state index in [1.54, 1.807) is 6.20 Å². The number of aryl methyl sites for hydroxylation is 1. The zero-order chi connectivity index (χ0) is 11.3. The molecule has 1 heterocycles. The van der Waals surface area contributed by atoms with Crippen molar-refractivity contribution in [3.8, 4) is 0 Å².